The molecule has 1 unspecified atom stereocenters. The molecule has 0 amide bonds. The first kappa shape index (κ1) is 19.5. The molecule has 0 bridgehead atoms. The van der Waals surface area contributed by atoms with E-state index in [1.54, 1.807) is 0 Å². The van der Waals surface area contributed by atoms with Crippen molar-refractivity contribution in [2.75, 3.05) is 39.3 Å². The van der Waals surface area contributed by atoms with Crippen molar-refractivity contribution in [3.63, 3.8) is 0 Å². The van der Waals surface area contributed by atoms with E-state index in [0.29, 0.717) is 12.1 Å². The first-order valence-electron chi connectivity index (χ1n) is 10.1. The fourth-order valence-corrected chi connectivity index (χ4v) is 3.85. The van der Waals surface area contributed by atoms with Crippen molar-refractivity contribution < 1.29 is 0 Å². The van der Waals surface area contributed by atoms with Crippen molar-refractivity contribution >= 4 is 5.96 Å². The number of rotatable bonds is 6. The number of likely N-dealkylation sites (tertiary alicyclic amines) is 2. The summed E-state index contributed by atoms with van der Waals surface area (Å²) in [5.74, 6) is 1.00. The average Bonchev–Trinajstić information content (AvgIpc) is 2.57. The maximum Gasteiger partial charge on any atom is 0.191 e. The Morgan fingerprint density at radius 1 is 1.12 bits per heavy atom. The van der Waals surface area contributed by atoms with Gasteiger partial charge in [0.1, 0.15) is 0 Å². The van der Waals surface area contributed by atoms with E-state index in [9.17, 15) is 0 Å². The molecular formula is C19H39N5. The lowest BCUT2D eigenvalue weighted by Gasteiger charge is -2.35. The molecule has 2 saturated heterocycles. The summed E-state index contributed by atoms with van der Waals surface area (Å²) in [6.07, 6.45) is 6.51. The maximum absolute atomic E-state index is 4.83. The third-order valence-electron chi connectivity index (χ3n) is 5.54. The third-order valence-corrected chi connectivity index (χ3v) is 5.54. The maximum atomic E-state index is 4.83. The average molecular weight is 338 g/mol. The van der Waals surface area contributed by atoms with Crippen molar-refractivity contribution in [1.29, 1.82) is 0 Å². The topological polar surface area (TPSA) is 42.9 Å². The Kier molecular flexibility index (Phi) is 8.33. The Labute approximate surface area is 149 Å². The molecule has 5 heteroatoms. The second-order valence-electron chi connectivity index (χ2n) is 7.69. The van der Waals surface area contributed by atoms with Crippen LogP contribution in [-0.4, -0.2) is 73.2 Å². The van der Waals surface area contributed by atoms with Crippen molar-refractivity contribution in [1.82, 2.24) is 20.4 Å². The van der Waals surface area contributed by atoms with E-state index in [2.05, 4.69) is 48.1 Å². The molecule has 0 saturated carbocycles. The standard InChI is InChI=1S/C19H39N5/c1-5-20-19(21-11-15-24-12-7-6-8-17(24)4)22-18-9-13-23(14-10-18)16(2)3/h16-18H,5-15H2,1-4H3,(H2,20,21,22). The van der Waals surface area contributed by atoms with E-state index < -0.39 is 0 Å². The number of guanidine groups is 1. The van der Waals surface area contributed by atoms with E-state index in [1.165, 1.54) is 51.7 Å². The van der Waals surface area contributed by atoms with Crippen LogP contribution in [0.3, 0.4) is 0 Å². The normalized spacial score (nSPS) is 25.2. The summed E-state index contributed by atoms with van der Waals surface area (Å²) in [6, 6.07) is 1.95. The highest BCUT2D eigenvalue weighted by Crippen LogP contribution is 2.15. The van der Waals surface area contributed by atoms with Gasteiger partial charge in [0.2, 0.25) is 0 Å². The van der Waals surface area contributed by atoms with E-state index in [1.807, 2.05) is 0 Å². The molecule has 1 atom stereocenters. The van der Waals surface area contributed by atoms with Gasteiger partial charge in [-0.25, -0.2) is 0 Å². The van der Waals surface area contributed by atoms with Gasteiger partial charge in [-0.3, -0.25) is 9.89 Å². The summed E-state index contributed by atoms with van der Waals surface area (Å²) in [7, 11) is 0. The van der Waals surface area contributed by atoms with E-state index in [0.717, 1.165) is 31.6 Å². The molecule has 5 nitrogen and oxygen atoms in total. The Morgan fingerprint density at radius 2 is 1.88 bits per heavy atom. The van der Waals surface area contributed by atoms with Gasteiger partial charge in [-0.1, -0.05) is 6.42 Å². The molecule has 0 aromatic carbocycles. The highest BCUT2D eigenvalue weighted by Gasteiger charge is 2.21. The molecule has 0 aromatic rings. The smallest absolute Gasteiger partial charge is 0.191 e. The van der Waals surface area contributed by atoms with Gasteiger partial charge < -0.3 is 15.5 Å². The molecule has 0 aliphatic carbocycles. The monoisotopic (exact) mass is 337 g/mol. The van der Waals surface area contributed by atoms with Gasteiger partial charge in [0.25, 0.3) is 0 Å². The predicted molar refractivity (Wildman–Crippen MR) is 104 cm³/mol. The van der Waals surface area contributed by atoms with Crippen LogP contribution in [0.25, 0.3) is 0 Å². The molecule has 2 heterocycles. The van der Waals surface area contributed by atoms with Crippen LogP contribution < -0.4 is 10.6 Å². The number of nitrogens with zero attached hydrogens (tertiary/aromatic N) is 3. The van der Waals surface area contributed by atoms with Crippen LogP contribution in [0, 0.1) is 0 Å². The molecule has 0 spiro atoms. The van der Waals surface area contributed by atoms with Gasteiger partial charge in [-0.05, 0) is 59.9 Å². The summed E-state index contributed by atoms with van der Waals surface area (Å²) >= 11 is 0. The minimum Gasteiger partial charge on any atom is -0.357 e. The fourth-order valence-electron chi connectivity index (χ4n) is 3.85. The van der Waals surface area contributed by atoms with Crippen molar-refractivity contribution in [3.05, 3.63) is 0 Å². The summed E-state index contributed by atoms with van der Waals surface area (Å²) in [6.45, 7) is 15.6. The first-order chi connectivity index (χ1) is 11.6. The van der Waals surface area contributed by atoms with Crippen LogP contribution in [0.4, 0.5) is 0 Å². The highest BCUT2D eigenvalue weighted by molar-refractivity contribution is 5.80. The van der Waals surface area contributed by atoms with Crippen LogP contribution >= 0.6 is 0 Å². The van der Waals surface area contributed by atoms with Gasteiger partial charge in [0.05, 0.1) is 6.54 Å². The first-order valence-corrected chi connectivity index (χ1v) is 10.1. The Bertz CT molecular complexity index is 374. The predicted octanol–water partition coefficient (Wildman–Crippen LogP) is 2.29. The molecule has 0 radical (unpaired) electrons. The lowest BCUT2D eigenvalue weighted by atomic mass is 10.0. The van der Waals surface area contributed by atoms with Gasteiger partial charge >= 0.3 is 0 Å². The van der Waals surface area contributed by atoms with Gasteiger partial charge in [-0.2, -0.15) is 0 Å². The lowest BCUT2D eigenvalue weighted by molar-refractivity contribution is 0.165. The zero-order valence-corrected chi connectivity index (χ0v) is 16.4. The van der Waals surface area contributed by atoms with Crippen LogP contribution in [0.15, 0.2) is 4.99 Å². The summed E-state index contributed by atoms with van der Waals surface area (Å²) in [5.41, 5.74) is 0. The molecule has 2 N–H and O–H groups in total. The molecular weight excluding hydrogens is 298 g/mol. The molecule has 2 fully saturated rings. The lowest BCUT2D eigenvalue weighted by Crippen LogP contribution is -2.50. The second-order valence-corrected chi connectivity index (χ2v) is 7.69. The Balaban J connectivity index is 1.76. The fraction of sp³-hybridized carbons (Fsp3) is 0.947. The molecule has 24 heavy (non-hydrogen) atoms. The minimum absolute atomic E-state index is 0.562. The molecule has 140 valence electrons. The van der Waals surface area contributed by atoms with Crippen molar-refractivity contribution in [3.8, 4) is 0 Å². The van der Waals surface area contributed by atoms with Gasteiger partial charge in [0, 0.05) is 44.3 Å². The van der Waals surface area contributed by atoms with E-state index in [-0.39, 0.29) is 0 Å². The van der Waals surface area contributed by atoms with E-state index in [4.69, 9.17) is 4.99 Å². The van der Waals surface area contributed by atoms with E-state index >= 15 is 0 Å². The van der Waals surface area contributed by atoms with Crippen LogP contribution in [0.2, 0.25) is 0 Å². The highest BCUT2D eigenvalue weighted by atomic mass is 15.2. The SMILES string of the molecule is CCNC(=NCCN1CCCCC1C)NC1CCN(C(C)C)CC1. The number of piperidine rings is 2. The van der Waals surface area contributed by atoms with Gasteiger partial charge in [0.15, 0.2) is 5.96 Å². The molecule has 0 aromatic heterocycles. The van der Waals surface area contributed by atoms with Crippen LogP contribution in [0.5, 0.6) is 0 Å². The zero-order chi connectivity index (χ0) is 17.4. The summed E-state index contributed by atoms with van der Waals surface area (Å²) < 4.78 is 0. The summed E-state index contributed by atoms with van der Waals surface area (Å²) in [4.78, 5) is 9.99. The second kappa shape index (κ2) is 10.2. The number of nitrogens with one attached hydrogen (secondary N) is 2. The molecule has 2 aliphatic heterocycles. The third kappa shape index (κ3) is 6.25. The van der Waals surface area contributed by atoms with Gasteiger partial charge in [-0.15, -0.1) is 0 Å². The number of hydrogen-bond donors (Lipinski definition) is 2. The van der Waals surface area contributed by atoms with Crippen LogP contribution in [-0.2, 0) is 0 Å². The number of hydrogen-bond acceptors (Lipinski definition) is 3. The zero-order valence-electron chi connectivity index (χ0n) is 16.4. The molecule has 2 aliphatic rings. The largest absolute Gasteiger partial charge is 0.357 e. The molecule has 2 rings (SSSR count). The Hall–Kier alpha value is -0.810. The van der Waals surface area contributed by atoms with Crippen molar-refractivity contribution in [2.45, 2.75) is 77.9 Å². The number of aliphatic imine (C=N–C) groups is 1. The quantitative estimate of drug-likeness (QED) is 0.576. The van der Waals surface area contributed by atoms with Crippen molar-refractivity contribution in [2.24, 2.45) is 4.99 Å². The van der Waals surface area contributed by atoms with Crippen LogP contribution in [0.1, 0.15) is 59.8 Å². The summed E-state index contributed by atoms with van der Waals surface area (Å²) in [5, 5.41) is 7.08. The Morgan fingerprint density at radius 3 is 2.50 bits per heavy atom. The minimum atomic E-state index is 0.562.